The summed E-state index contributed by atoms with van der Waals surface area (Å²) in [6.07, 6.45) is 5.12. The van der Waals surface area contributed by atoms with Gasteiger partial charge in [0.25, 0.3) is 0 Å². The van der Waals surface area contributed by atoms with Crippen molar-refractivity contribution in [2.75, 3.05) is 0 Å². The van der Waals surface area contributed by atoms with Crippen LogP contribution < -0.4 is 0 Å². The van der Waals surface area contributed by atoms with E-state index in [4.69, 9.17) is 17.0 Å². The fourth-order valence-electron chi connectivity index (χ4n) is 10.1. The molecule has 0 bridgehead atoms. The number of fused-ring (bicyclic) bond motifs is 2. The summed E-state index contributed by atoms with van der Waals surface area (Å²) in [6.45, 7) is 37.5. The van der Waals surface area contributed by atoms with E-state index in [-0.39, 0.29) is 18.1 Å². The Hall–Kier alpha value is -1.96. The Morgan fingerprint density at radius 3 is 1.11 bits per heavy atom. The first kappa shape index (κ1) is 41.7. The molecule has 4 aromatic rings. The fourth-order valence-corrected chi connectivity index (χ4v) is 41.5. The summed E-state index contributed by atoms with van der Waals surface area (Å²) in [4.78, 5) is 0. The maximum absolute atomic E-state index is 9.06. The number of halogens is 2. The van der Waals surface area contributed by atoms with E-state index >= 15 is 0 Å². The number of rotatable bonds is 7. The molecule has 0 nitrogen and oxygen atoms in total. The van der Waals surface area contributed by atoms with Gasteiger partial charge in [0.1, 0.15) is 0 Å². The zero-order valence-electron chi connectivity index (χ0n) is 36.1. The molecular weight excluding hydrogens is 791 g/mol. The van der Waals surface area contributed by atoms with Crippen molar-refractivity contribution in [3.8, 4) is 22.3 Å². The Balaban J connectivity index is 1.74. The van der Waals surface area contributed by atoms with E-state index in [1.807, 2.05) is 0 Å². The number of hydrogen-bond acceptors (Lipinski definition) is 0. The van der Waals surface area contributed by atoms with Crippen molar-refractivity contribution >= 4 is 35.1 Å². The molecule has 0 amide bonds. The van der Waals surface area contributed by atoms with Crippen LogP contribution in [-0.4, -0.2) is 5.92 Å². The molecule has 0 fully saturated rings. The van der Waals surface area contributed by atoms with Gasteiger partial charge in [-0.1, -0.05) is 0 Å². The predicted molar refractivity (Wildman–Crippen MR) is 242 cm³/mol. The Bertz CT molecular complexity index is 2030. The van der Waals surface area contributed by atoms with Crippen LogP contribution >= 0.6 is 17.0 Å². The van der Waals surface area contributed by atoms with Crippen molar-refractivity contribution in [3.05, 3.63) is 127 Å². The Morgan fingerprint density at radius 2 is 0.852 bits per heavy atom. The molecule has 4 aromatic carbocycles. The minimum atomic E-state index is -5.13. The van der Waals surface area contributed by atoms with Crippen LogP contribution in [0.5, 0.6) is 0 Å². The van der Waals surface area contributed by atoms with E-state index < -0.39 is 21.5 Å². The third-order valence-electron chi connectivity index (χ3n) is 12.7. The molecule has 2 aliphatic rings. The standard InChI is InChI=1S/2C24H29.C2H7Si.2ClH.Zr/c2*1-15(2)21-9-8-18-13-20(24(5,6)7)14-22(18)23(21)19-11-16(3)10-17(4)12-19;1-3-2;;;/h2*8-15H,1-7H3;3H,1-2H3;2*1H;/q;;;;;+2/p-2. The van der Waals surface area contributed by atoms with Crippen LogP contribution in [0.25, 0.3) is 34.4 Å². The summed E-state index contributed by atoms with van der Waals surface area (Å²) in [6, 6.07) is 23.8. The summed E-state index contributed by atoms with van der Waals surface area (Å²) in [7, 11) is 18.1. The molecule has 2 unspecified atom stereocenters. The average molecular weight is 856 g/mol. The fraction of sp³-hybridized carbons (Fsp3) is 0.440. The molecule has 6 rings (SSSR count). The molecule has 4 heteroatoms. The Kier molecular flexibility index (Phi) is 10.9. The topological polar surface area (TPSA) is 0 Å². The van der Waals surface area contributed by atoms with Crippen molar-refractivity contribution in [2.45, 2.75) is 129 Å². The van der Waals surface area contributed by atoms with E-state index in [9.17, 15) is 0 Å². The number of hydrogen-bond donors (Lipinski definition) is 0. The van der Waals surface area contributed by atoms with Crippen molar-refractivity contribution in [2.24, 2.45) is 10.8 Å². The van der Waals surface area contributed by atoms with E-state index in [2.05, 4.69) is 183 Å². The molecule has 0 heterocycles. The summed E-state index contributed by atoms with van der Waals surface area (Å²) < 4.78 is 0.0249. The molecule has 0 aliphatic heterocycles. The van der Waals surface area contributed by atoms with Gasteiger partial charge in [0.05, 0.1) is 0 Å². The van der Waals surface area contributed by atoms with Gasteiger partial charge in [-0.3, -0.25) is 0 Å². The van der Waals surface area contributed by atoms with Gasteiger partial charge in [0, 0.05) is 0 Å². The van der Waals surface area contributed by atoms with Gasteiger partial charge in [-0.25, -0.2) is 0 Å². The van der Waals surface area contributed by atoms with Gasteiger partial charge in [0.15, 0.2) is 0 Å². The van der Waals surface area contributed by atoms with E-state index in [1.54, 1.807) is 0 Å². The van der Waals surface area contributed by atoms with Crippen LogP contribution in [0.3, 0.4) is 0 Å². The first-order valence-corrected chi connectivity index (χ1v) is 36.7. The second-order valence-electron chi connectivity index (χ2n) is 20.1. The van der Waals surface area contributed by atoms with Crippen LogP contribution in [0.15, 0.2) is 71.8 Å². The summed E-state index contributed by atoms with van der Waals surface area (Å²) in [5.41, 5.74) is 21.4. The van der Waals surface area contributed by atoms with Gasteiger partial charge < -0.3 is 0 Å². The van der Waals surface area contributed by atoms with Gasteiger partial charge in [-0.2, -0.15) is 0 Å². The van der Waals surface area contributed by atoms with E-state index in [0.29, 0.717) is 11.8 Å². The molecule has 2 atom stereocenters. The average Bonchev–Trinajstić information content (AvgIpc) is 3.64. The first-order chi connectivity index (χ1) is 24.9. The number of allylic oxidation sites excluding steroid dienone is 2. The summed E-state index contributed by atoms with van der Waals surface area (Å²) in [5, 5.41) is 0. The number of benzene rings is 4. The zero-order chi connectivity index (χ0) is 40.1. The van der Waals surface area contributed by atoms with Crippen LogP contribution in [0.2, 0.25) is 13.1 Å². The molecule has 0 radical (unpaired) electrons. The zero-order valence-corrected chi connectivity index (χ0v) is 41.2. The second-order valence-corrected chi connectivity index (χ2v) is 62.6. The third kappa shape index (κ3) is 6.90. The molecule has 0 saturated heterocycles. The second kappa shape index (κ2) is 14.1. The van der Waals surface area contributed by atoms with Gasteiger partial charge >= 0.3 is 340 Å². The molecule has 0 saturated carbocycles. The number of aryl methyl sites for hydroxylation is 4. The summed E-state index contributed by atoms with van der Waals surface area (Å²) >= 11 is -5.13. The molecule has 54 heavy (non-hydrogen) atoms. The third-order valence-corrected chi connectivity index (χ3v) is 64.2. The van der Waals surface area contributed by atoms with Crippen LogP contribution in [0, 0.1) is 38.5 Å². The molecule has 0 N–H and O–H groups in total. The molecule has 2 aliphatic carbocycles. The monoisotopic (exact) mass is 853 g/mol. The predicted octanol–water partition coefficient (Wildman–Crippen LogP) is 16.2. The summed E-state index contributed by atoms with van der Waals surface area (Å²) in [5.74, 6) is -1.02. The van der Waals surface area contributed by atoms with Gasteiger partial charge in [-0.15, -0.1) is 0 Å². The van der Waals surface area contributed by atoms with Gasteiger partial charge in [-0.05, 0) is 0 Å². The van der Waals surface area contributed by atoms with Gasteiger partial charge in [0.2, 0.25) is 0 Å². The quantitative estimate of drug-likeness (QED) is 0.163. The van der Waals surface area contributed by atoms with Crippen molar-refractivity contribution < 1.29 is 15.6 Å². The molecule has 287 valence electrons. The minimum absolute atomic E-state index is 0.0125. The van der Waals surface area contributed by atoms with Crippen molar-refractivity contribution in [1.82, 2.24) is 0 Å². The molecule has 0 spiro atoms. The van der Waals surface area contributed by atoms with Crippen LogP contribution in [0.4, 0.5) is 0 Å². The van der Waals surface area contributed by atoms with Crippen molar-refractivity contribution in [1.29, 1.82) is 0 Å². The molecule has 0 aromatic heterocycles. The first-order valence-electron chi connectivity index (χ1n) is 20.4. The Labute approximate surface area is 337 Å². The normalized spacial score (nSPS) is 18.2. The van der Waals surface area contributed by atoms with E-state index in [1.165, 1.54) is 89.0 Å². The van der Waals surface area contributed by atoms with E-state index in [0.717, 1.165) is 0 Å². The van der Waals surface area contributed by atoms with Crippen LogP contribution in [-0.2, 0) is 15.6 Å². The van der Waals surface area contributed by atoms with Crippen molar-refractivity contribution in [3.63, 3.8) is 0 Å². The molecular formula is C50H65Cl2SiZr. The van der Waals surface area contributed by atoms with Crippen LogP contribution in [0.1, 0.15) is 144 Å². The SMILES string of the molecule is Cc1cc(C)cc(-c2c(C(C)C)ccc3c2C=C(C(C)(C)C)[CH]3[Zr]([Cl])([Cl])([CH]2C(C(C)(C)C)=Cc3c2ccc(C(C)C)c3-c2cc(C)cc(C)c2)[SiH](C)C)c1. The Morgan fingerprint density at radius 1 is 0.537 bits per heavy atom. The maximum atomic E-state index is 9.06.